The lowest BCUT2D eigenvalue weighted by Crippen LogP contribution is -2.42. The molecule has 0 aliphatic carbocycles. The second-order valence-electron chi connectivity index (χ2n) is 8.68. The fourth-order valence-electron chi connectivity index (χ4n) is 4.58. The van der Waals surface area contributed by atoms with Crippen LogP contribution in [-0.4, -0.2) is 86.8 Å². The summed E-state index contributed by atoms with van der Waals surface area (Å²) in [5.41, 5.74) is 0.942. The molecular weight excluding hydrogens is 476 g/mol. The molecule has 2 fully saturated rings. The molecule has 1 N–H and O–H groups in total. The Morgan fingerprint density at radius 1 is 1.05 bits per heavy atom. The Kier molecular flexibility index (Phi) is 8.47. The van der Waals surface area contributed by atoms with E-state index in [1.165, 1.54) is 19.1 Å². The molecule has 1 unspecified atom stereocenters. The lowest BCUT2D eigenvalue weighted by atomic mass is 9.94. The Labute approximate surface area is 216 Å². The van der Waals surface area contributed by atoms with Gasteiger partial charge in [-0.2, -0.15) is 0 Å². The van der Waals surface area contributed by atoms with Crippen LogP contribution >= 0.6 is 0 Å². The Balaban J connectivity index is 1.77. The number of Topliss-reactive ketones (excluding diaryl/α,β-unsaturated/α-hetero) is 1. The highest BCUT2D eigenvalue weighted by Crippen LogP contribution is 2.43. The number of methoxy groups -OCH3 is 2. The van der Waals surface area contributed by atoms with Crippen molar-refractivity contribution in [1.82, 2.24) is 9.80 Å². The highest BCUT2D eigenvalue weighted by molar-refractivity contribution is 6.46. The monoisotopic (exact) mass is 508 g/mol. The molecule has 196 valence electrons. The summed E-state index contributed by atoms with van der Waals surface area (Å²) in [4.78, 5) is 30.4. The molecule has 0 saturated carbocycles. The van der Waals surface area contributed by atoms with Crippen molar-refractivity contribution in [2.75, 3.05) is 60.2 Å². The number of amides is 1. The molecule has 0 bridgehead atoms. The van der Waals surface area contributed by atoms with Crippen LogP contribution in [0.1, 0.15) is 17.2 Å². The van der Waals surface area contributed by atoms with Crippen molar-refractivity contribution >= 4 is 17.4 Å². The molecule has 2 aromatic rings. The second-order valence-corrected chi connectivity index (χ2v) is 8.68. The van der Waals surface area contributed by atoms with Crippen molar-refractivity contribution < 1.29 is 33.6 Å². The minimum atomic E-state index is -0.859. The molecule has 0 spiro atoms. The summed E-state index contributed by atoms with van der Waals surface area (Å²) >= 11 is 0. The van der Waals surface area contributed by atoms with Gasteiger partial charge >= 0.3 is 0 Å². The first-order chi connectivity index (χ1) is 18.0. The van der Waals surface area contributed by atoms with Crippen molar-refractivity contribution in [3.8, 4) is 17.2 Å². The van der Waals surface area contributed by atoms with E-state index in [1.54, 1.807) is 48.5 Å². The van der Waals surface area contributed by atoms with Crippen LogP contribution in [-0.2, 0) is 14.3 Å². The summed E-state index contributed by atoms with van der Waals surface area (Å²) in [5, 5.41) is 11.4. The van der Waals surface area contributed by atoms with Crippen molar-refractivity contribution in [3.63, 3.8) is 0 Å². The van der Waals surface area contributed by atoms with E-state index in [0.29, 0.717) is 61.3 Å². The average Bonchev–Trinajstić information content (AvgIpc) is 3.19. The Morgan fingerprint density at radius 3 is 2.41 bits per heavy atom. The number of morpholine rings is 1. The SMILES string of the molecule is C=CCOc1ccc(/C(O)=C2/C(=O)C(=O)N(CCN3CCOCC3)C2c2cc(OC)ccc2OC)cc1. The summed E-state index contributed by atoms with van der Waals surface area (Å²) in [6, 6.07) is 11.0. The third-order valence-corrected chi connectivity index (χ3v) is 6.53. The highest BCUT2D eigenvalue weighted by Gasteiger charge is 2.47. The summed E-state index contributed by atoms with van der Waals surface area (Å²) in [7, 11) is 3.06. The smallest absolute Gasteiger partial charge is 0.295 e. The zero-order chi connectivity index (χ0) is 26.4. The number of ketones is 1. The molecule has 2 saturated heterocycles. The Bertz CT molecular complexity index is 1170. The fraction of sp³-hybridized carbons (Fsp3) is 0.357. The molecule has 9 nitrogen and oxygen atoms in total. The van der Waals surface area contributed by atoms with Crippen molar-refractivity contribution in [2.45, 2.75) is 6.04 Å². The van der Waals surface area contributed by atoms with Gasteiger partial charge in [-0.1, -0.05) is 12.7 Å². The second kappa shape index (κ2) is 11.9. The maximum absolute atomic E-state index is 13.4. The van der Waals surface area contributed by atoms with E-state index < -0.39 is 17.7 Å². The van der Waals surface area contributed by atoms with Gasteiger partial charge in [0.25, 0.3) is 11.7 Å². The van der Waals surface area contributed by atoms with Gasteiger partial charge in [-0.15, -0.1) is 0 Å². The first-order valence-electron chi connectivity index (χ1n) is 12.1. The van der Waals surface area contributed by atoms with Gasteiger partial charge in [0.1, 0.15) is 29.6 Å². The standard InChI is InChI=1S/C28H32N2O7/c1-4-15-37-20-7-5-19(6-8-20)26(31)24-25(22-18-21(34-2)9-10-23(22)35-3)30(28(33)27(24)32)12-11-29-13-16-36-17-14-29/h4-10,18,25,31H,1,11-17H2,2-3H3/b26-24-. The number of rotatable bonds is 10. The van der Waals surface area contributed by atoms with Gasteiger partial charge in [0, 0.05) is 37.3 Å². The summed E-state index contributed by atoms with van der Waals surface area (Å²) in [5.74, 6) is -0.0795. The van der Waals surface area contributed by atoms with Gasteiger partial charge in [-0.05, 0) is 42.5 Å². The number of hydrogen-bond acceptors (Lipinski definition) is 8. The zero-order valence-corrected chi connectivity index (χ0v) is 21.1. The van der Waals surface area contributed by atoms with Gasteiger partial charge in [0.05, 0.1) is 39.0 Å². The van der Waals surface area contributed by atoms with E-state index in [-0.39, 0.29) is 11.3 Å². The van der Waals surface area contributed by atoms with E-state index in [9.17, 15) is 14.7 Å². The maximum atomic E-state index is 13.4. The van der Waals surface area contributed by atoms with Crippen LogP contribution in [0.4, 0.5) is 0 Å². The van der Waals surface area contributed by atoms with Crippen molar-refractivity contribution in [3.05, 3.63) is 71.8 Å². The molecule has 2 aliphatic heterocycles. The van der Waals surface area contributed by atoms with Crippen LogP contribution < -0.4 is 14.2 Å². The topological polar surface area (TPSA) is 97.8 Å². The number of carbonyl (C=O) groups is 2. The van der Waals surface area contributed by atoms with Crippen LogP contribution in [0.2, 0.25) is 0 Å². The molecule has 2 aliphatic rings. The number of benzene rings is 2. The fourth-order valence-corrected chi connectivity index (χ4v) is 4.58. The minimum absolute atomic E-state index is 0.00158. The van der Waals surface area contributed by atoms with Crippen molar-refractivity contribution in [1.29, 1.82) is 0 Å². The number of aliphatic hydroxyl groups excluding tert-OH is 1. The molecule has 2 aromatic carbocycles. The predicted molar refractivity (Wildman–Crippen MR) is 138 cm³/mol. The molecule has 9 heteroatoms. The molecule has 1 amide bonds. The Morgan fingerprint density at radius 2 is 1.76 bits per heavy atom. The zero-order valence-electron chi connectivity index (χ0n) is 21.1. The number of hydrogen-bond donors (Lipinski definition) is 1. The van der Waals surface area contributed by atoms with E-state index in [0.717, 1.165) is 13.1 Å². The highest BCUT2D eigenvalue weighted by atomic mass is 16.5. The normalized spacial score (nSPS) is 19.6. The molecule has 1 atom stereocenters. The number of carbonyl (C=O) groups excluding carboxylic acids is 2. The maximum Gasteiger partial charge on any atom is 0.295 e. The van der Waals surface area contributed by atoms with E-state index in [4.69, 9.17) is 18.9 Å². The molecule has 37 heavy (non-hydrogen) atoms. The van der Waals surface area contributed by atoms with Gasteiger partial charge in [-0.3, -0.25) is 14.5 Å². The van der Waals surface area contributed by atoms with Crippen molar-refractivity contribution in [2.24, 2.45) is 0 Å². The molecule has 0 radical (unpaired) electrons. The van der Waals surface area contributed by atoms with Crippen LogP contribution in [0.15, 0.2) is 60.7 Å². The average molecular weight is 509 g/mol. The summed E-state index contributed by atoms with van der Waals surface area (Å²) in [6.45, 7) is 7.57. The first-order valence-corrected chi connectivity index (χ1v) is 12.1. The van der Waals surface area contributed by atoms with Gasteiger partial charge in [0.2, 0.25) is 0 Å². The third kappa shape index (κ3) is 5.63. The molecule has 4 rings (SSSR count). The van der Waals surface area contributed by atoms with E-state index in [2.05, 4.69) is 11.5 Å². The lowest BCUT2D eigenvalue weighted by molar-refractivity contribution is -0.140. The van der Waals surface area contributed by atoms with Crippen LogP contribution in [0.3, 0.4) is 0 Å². The molecule has 2 heterocycles. The van der Waals surface area contributed by atoms with Gasteiger partial charge in [-0.25, -0.2) is 0 Å². The molecular formula is C28H32N2O7. The number of nitrogens with zero attached hydrogens (tertiary/aromatic N) is 2. The van der Waals surface area contributed by atoms with Crippen LogP contribution in [0.25, 0.3) is 5.76 Å². The van der Waals surface area contributed by atoms with E-state index in [1.807, 2.05) is 0 Å². The van der Waals surface area contributed by atoms with Gasteiger partial charge < -0.3 is 29.0 Å². The third-order valence-electron chi connectivity index (χ3n) is 6.53. The van der Waals surface area contributed by atoms with Crippen LogP contribution in [0, 0.1) is 0 Å². The molecule has 0 aromatic heterocycles. The Hall–Kier alpha value is -3.82. The van der Waals surface area contributed by atoms with Crippen LogP contribution in [0.5, 0.6) is 17.2 Å². The quantitative estimate of drug-likeness (QED) is 0.226. The summed E-state index contributed by atoms with van der Waals surface area (Å²) < 4.78 is 22.0. The summed E-state index contributed by atoms with van der Waals surface area (Å²) in [6.07, 6.45) is 1.63. The minimum Gasteiger partial charge on any atom is -0.507 e. The number of aliphatic hydroxyl groups is 1. The predicted octanol–water partition coefficient (Wildman–Crippen LogP) is 3.02. The lowest BCUT2D eigenvalue weighted by Gasteiger charge is -2.31. The number of likely N-dealkylation sites (tertiary alicyclic amines) is 1. The first kappa shape index (κ1) is 26.2. The number of ether oxygens (including phenoxy) is 4. The van der Waals surface area contributed by atoms with E-state index >= 15 is 0 Å². The largest absolute Gasteiger partial charge is 0.507 e. The van der Waals surface area contributed by atoms with Gasteiger partial charge in [0.15, 0.2) is 0 Å².